The lowest BCUT2D eigenvalue weighted by Crippen LogP contribution is -2.48. The zero-order valence-corrected chi connectivity index (χ0v) is 25.3. The minimum atomic E-state index is -3.71. The molecule has 10 heteroatoms. The van der Waals surface area contributed by atoms with Gasteiger partial charge < -0.3 is 15.7 Å². The molecule has 42 heavy (non-hydrogen) atoms. The monoisotopic (exact) mass is 601 g/mol. The molecule has 0 bridgehead atoms. The van der Waals surface area contributed by atoms with Gasteiger partial charge in [0.2, 0.25) is 10.0 Å². The van der Waals surface area contributed by atoms with Crippen LogP contribution in [-0.4, -0.2) is 55.5 Å². The molecule has 0 spiro atoms. The summed E-state index contributed by atoms with van der Waals surface area (Å²) in [6.07, 6.45) is 1.14. The minimum Gasteiger partial charge on any atom is -0.390 e. The van der Waals surface area contributed by atoms with Crippen molar-refractivity contribution in [2.45, 2.75) is 70.0 Å². The number of sulfonamides is 1. The molecule has 0 aliphatic carbocycles. The zero-order chi connectivity index (χ0) is 30.7. The van der Waals surface area contributed by atoms with Gasteiger partial charge in [0.05, 0.1) is 17.0 Å². The highest BCUT2D eigenvalue weighted by Gasteiger charge is 2.25. The third-order valence-corrected chi connectivity index (χ3v) is 8.85. The molecule has 1 amide bonds. The summed E-state index contributed by atoms with van der Waals surface area (Å²) < 4.78 is 55.4. The van der Waals surface area contributed by atoms with Crippen molar-refractivity contribution < 1.29 is 27.1 Å². The Labute approximate surface area is 248 Å². The second-order valence-electron chi connectivity index (χ2n) is 10.4. The van der Waals surface area contributed by atoms with Crippen molar-refractivity contribution in [1.29, 1.82) is 0 Å². The van der Waals surface area contributed by atoms with Crippen LogP contribution in [0.15, 0.2) is 71.6 Å². The summed E-state index contributed by atoms with van der Waals surface area (Å²) in [5.74, 6) is -2.06. The molecule has 0 saturated heterocycles. The quantitative estimate of drug-likeness (QED) is 0.219. The van der Waals surface area contributed by atoms with Crippen LogP contribution >= 0.6 is 0 Å². The van der Waals surface area contributed by atoms with Crippen LogP contribution in [0.2, 0.25) is 0 Å². The van der Waals surface area contributed by atoms with Crippen molar-refractivity contribution in [2.24, 2.45) is 0 Å². The van der Waals surface area contributed by atoms with E-state index in [2.05, 4.69) is 23.6 Å². The number of hydrogen-bond acceptors (Lipinski definition) is 5. The first-order valence-corrected chi connectivity index (χ1v) is 15.8. The minimum absolute atomic E-state index is 0.0238. The molecular weight excluding hydrogens is 560 g/mol. The van der Waals surface area contributed by atoms with E-state index in [9.17, 15) is 27.1 Å². The molecule has 0 radical (unpaired) electrons. The number of nitrogens with zero attached hydrogens (tertiary/aromatic N) is 1. The van der Waals surface area contributed by atoms with Gasteiger partial charge >= 0.3 is 0 Å². The van der Waals surface area contributed by atoms with E-state index in [1.165, 1.54) is 34.1 Å². The fraction of sp³-hybridized carbons (Fsp3) is 0.406. The Morgan fingerprint density at radius 2 is 1.50 bits per heavy atom. The summed E-state index contributed by atoms with van der Waals surface area (Å²) >= 11 is 0. The molecule has 3 aromatic rings. The van der Waals surface area contributed by atoms with Gasteiger partial charge in [-0.3, -0.25) is 4.79 Å². The van der Waals surface area contributed by atoms with Gasteiger partial charge in [0, 0.05) is 37.8 Å². The number of carbonyl (C=O) groups is 1. The van der Waals surface area contributed by atoms with Crippen LogP contribution in [0.3, 0.4) is 0 Å². The van der Waals surface area contributed by atoms with E-state index >= 15 is 0 Å². The van der Waals surface area contributed by atoms with Crippen LogP contribution in [0.25, 0.3) is 0 Å². The van der Waals surface area contributed by atoms with Crippen LogP contribution in [-0.2, 0) is 29.4 Å². The fourth-order valence-electron chi connectivity index (χ4n) is 4.76. The van der Waals surface area contributed by atoms with Gasteiger partial charge in [-0.25, -0.2) is 17.2 Å². The molecule has 2 atom stereocenters. The second kappa shape index (κ2) is 15.9. The standard InChI is InChI=1S/C32H41F2N3O4S/c1-4-14-37(15-5-2)42(40,41)29-12-10-26(11-13-29)32(39)36-30(19-25-17-27(33)20-28(34)18-25)31(38)22-35-21-24-9-7-8-23(6-3)16-24/h7-13,16-18,20,30-31,35,38H,4-6,14-15,19,21-22H2,1-3H3,(H,36,39). The summed E-state index contributed by atoms with van der Waals surface area (Å²) in [7, 11) is -3.71. The van der Waals surface area contributed by atoms with Crippen molar-refractivity contribution in [1.82, 2.24) is 14.9 Å². The number of nitrogens with one attached hydrogen (secondary N) is 2. The highest BCUT2D eigenvalue weighted by molar-refractivity contribution is 7.89. The highest BCUT2D eigenvalue weighted by atomic mass is 32.2. The molecule has 228 valence electrons. The van der Waals surface area contributed by atoms with Crippen molar-refractivity contribution in [3.8, 4) is 0 Å². The van der Waals surface area contributed by atoms with E-state index in [4.69, 9.17) is 0 Å². The molecule has 0 heterocycles. The third kappa shape index (κ3) is 9.42. The number of halogens is 2. The maximum absolute atomic E-state index is 13.9. The van der Waals surface area contributed by atoms with Gasteiger partial charge in [0.15, 0.2) is 0 Å². The highest BCUT2D eigenvalue weighted by Crippen LogP contribution is 2.18. The largest absolute Gasteiger partial charge is 0.390 e. The van der Waals surface area contributed by atoms with Crippen molar-refractivity contribution >= 4 is 15.9 Å². The molecule has 3 aromatic carbocycles. The summed E-state index contributed by atoms with van der Waals surface area (Å²) in [5.41, 5.74) is 2.70. The molecule has 3 N–H and O–H groups in total. The van der Waals surface area contributed by atoms with Gasteiger partial charge in [-0.2, -0.15) is 4.31 Å². The Hall–Kier alpha value is -3.18. The van der Waals surface area contributed by atoms with Gasteiger partial charge in [-0.05, 0) is 78.8 Å². The lowest BCUT2D eigenvalue weighted by Gasteiger charge is -2.25. The van der Waals surface area contributed by atoms with Gasteiger partial charge in [-0.15, -0.1) is 0 Å². The Bertz CT molecular complexity index is 1390. The SMILES string of the molecule is CCCN(CCC)S(=O)(=O)c1ccc(C(=O)NC(Cc2cc(F)cc(F)c2)C(O)CNCc2cccc(CC)c2)cc1. The molecule has 7 nitrogen and oxygen atoms in total. The van der Waals surface area contributed by atoms with E-state index in [0.717, 1.165) is 30.2 Å². The summed E-state index contributed by atoms with van der Waals surface area (Å²) in [6.45, 7) is 7.29. The normalized spacial score (nSPS) is 13.2. The molecule has 2 unspecified atom stereocenters. The lowest BCUT2D eigenvalue weighted by atomic mass is 10.00. The Morgan fingerprint density at radius 3 is 2.10 bits per heavy atom. The number of aliphatic hydroxyl groups is 1. The third-order valence-electron chi connectivity index (χ3n) is 6.94. The van der Waals surface area contributed by atoms with Crippen LogP contribution in [0.1, 0.15) is 60.7 Å². The Kier molecular flexibility index (Phi) is 12.6. The number of rotatable bonds is 16. The summed E-state index contributed by atoms with van der Waals surface area (Å²) in [5, 5.41) is 17.0. The molecule has 0 aliphatic heterocycles. The van der Waals surface area contributed by atoms with Crippen molar-refractivity contribution in [3.05, 3.63) is 101 Å². The predicted molar refractivity (Wildman–Crippen MR) is 161 cm³/mol. The van der Waals surface area contributed by atoms with Crippen LogP contribution in [0, 0.1) is 11.6 Å². The summed E-state index contributed by atoms with van der Waals surface area (Å²) in [4.78, 5) is 13.3. The van der Waals surface area contributed by atoms with Crippen LogP contribution < -0.4 is 10.6 Å². The molecule has 0 saturated carbocycles. The first-order chi connectivity index (χ1) is 20.1. The van der Waals surface area contributed by atoms with E-state index in [0.29, 0.717) is 32.5 Å². The number of aliphatic hydroxyl groups excluding tert-OH is 1. The number of aryl methyl sites for hydroxylation is 1. The zero-order valence-electron chi connectivity index (χ0n) is 24.4. The fourth-order valence-corrected chi connectivity index (χ4v) is 6.39. The average Bonchev–Trinajstić information content (AvgIpc) is 2.96. The van der Waals surface area contributed by atoms with Crippen LogP contribution in [0.5, 0.6) is 0 Å². The maximum Gasteiger partial charge on any atom is 0.251 e. The summed E-state index contributed by atoms with van der Waals surface area (Å²) in [6, 6.07) is 15.9. The van der Waals surface area contributed by atoms with Crippen molar-refractivity contribution in [2.75, 3.05) is 19.6 Å². The van der Waals surface area contributed by atoms with Gasteiger partial charge in [0.25, 0.3) is 5.91 Å². The predicted octanol–water partition coefficient (Wildman–Crippen LogP) is 4.83. The van der Waals surface area contributed by atoms with Gasteiger partial charge in [0.1, 0.15) is 11.6 Å². The first kappa shape index (κ1) is 33.3. The van der Waals surface area contributed by atoms with E-state index < -0.39 is 39.7 Å². The molecule has 3 rings (SSSR count). The van der Waals surface area contributed by atoms with Gasteiger partial charge in [-0.1, -0.05) is 45.0 Å². The molecule has 0 fully saturated rings. The number of carbonyl (C=O) groups excluding carboxylic acids is 1. The average molecular weight is 602 g/mol. The topological polar surface area (TPSA) is 98.7 Å². The Morgan fingerprint density at radius 1 is 0.881 bits per heavy atom. The van der Waals surface area contributed by atoms with Crippen LogP contribution in [0.4, 0.5) is 8.78 Å². The lowest BCUT2D eigenvalue weighted by molar-refractivity contribution is 0.0829. The number of benzene rings is 3. The molecular formula is C32H41F2N3O4S. The first-order valence-electron chi connectivity index (χ1n) is 14.4. The molecule has 0 aromatic heterocycles. The Balaban J connectivity index is 1.75. The number of amides is 1. The van der Waals surface area contributed by atoms with E-state index in [1.54, 1.807) is 0 Å². The maximum atomic E-state index is 13.9. The molecule has 0 aliphatic rings. The second-order valence-corrected chi connectivity index (χ2v) is 12.3. The smallest absolute Gasteiger partial charge is 0.251 e. The van der Waals surface area contributed by atoms with Crippen molar-refractivity contribution in [3.63, 3.8) is 0 Å². The van der Waals surface area contributed by atoms with E-state index in [-0.39, 0.29) is 29.0 Å². The van der Waals surface area contributed by atoms with E-state index in [1.807, 2.05) is 32.0 Å². The number of hydrogen-bond donors (Lipinski definition) is 3.